The summed E-state index contributed by atoms with van der Waals surface area (Å²) in [6.45, 7) is 3.50. The topological polar surface area (TPSA) is 78.8 Å². The van der Waals surface area contributed by atoms with Gasteiger partial charge in [0.15, 0.2) is 0 Å². The van der Waals surface area contributed by atoms with Crippen LogP contribution in [0.2, 0.25) is 0 Å². The quantitative estimate of drug-likeness (QED) is 0.755. The van der Waals surface area contributed by atoms with E-state index in [1.165, 1.54) is 5.56 Å². The van der Waals surface area contributed by atoms with Crippen LogP contribution >= 0.6 is 0 Å². The summed E-state index contributed by atoms with van der Waals surface area (Å²) in [5, 5.41) is 8.36. The van der Waals surface area contributed by atoms with E-state index in [-0.39, 0.29) is 0 Å². The van der Waals surface area contributed by atoms with Gasteiger partial charge in [-0.15, -0.1) is 5.10 Å². The third-order valence-electron chi connectivity index (χ3n) is 3.54. The standard InChI is InChI=1S/C17H19N5O/c1-13-2-4-15(5-3-13)23-11-10-22-17(16(12-18)20-21-22)14-6-8-19-9-7-14/h2-9H,10-12,18H2,1H3. The molecule has 0 atom stereocenters. The fourth-order valence-corrected chi connectivity index (χ4v) is 2.35. The summed E-state index contributed by atoms with van der Waals surface area (Å²) in [7, 11) is 0. The number of hydrogen-bond donors (Lipinski definition) is 1. The molecule has 0 fully saturated rings. The summed E-state index contributed by atoms with van der Waals surface area (Å²) in [5.41, 5.74) is 9.67. The lowest BCUT2D eigenvalue weighted by atomic mass is 10.1. The van der Waals surface area contributed by atoms with Gasteiger partial charge in [0.1, 0.15) is 18.1 Å². The molecule has 0 radical (unpaired) electrons. The highest BCUT2D eigenvalue weighted by Gasteiger charge is 2.13. The lowest BCUT2D eigenvalue weighted by Crippen LogP contribution is -2.11. The van der Waals surface area contributed by atoms with Crippen molar-refractivity contribution in [3.63, 3.8) is 0 Å². The highest BCUT2D eigenvalue weighted by atomic mass is 16.5. The third-order valence-corrected chi connectivity index (χ3v) is 3.54. The van der Waals surface area contributed by atoms with Crippen LogP contribution in [0.1, 0.15) is 11.3 Å². The Morgan fingerprint density at radius 3 is 2.52 bits per heavy atom. The van der Waals surface area contributed by atoms with E-state index in [1.807, 2.05) is 41.1 Å². The number of rotatable bonds is 6. The van der Waals surface area contributed by atoms with Gasteiger partial charge in [-0.25, -0.2) is 4.68 Å². The molecule has 2 N–H and O–H groups in total. The molecule has 0 aliphatic heterocycles. The van der Waals surface area contributed by atoms with Crippen LogP contribution < -0.4 is 10.5 Å². The van der Waals surface area contributed by atoms with Crippen LogP contribution in [0.3, 0.4) is 0 Å². The first-order chi connectivity index (χ1) is 11.3. The number of nitrogens with zero attached hydrogens (tertiary/aromatic N) is 4. The Hall–Kier alpha value is -2.73. The molecule has 6 nitrogen and oxygen atoms in total. The summed E-state index contributed by atoms with van der Waals surface area (Å²) >= 11 is 0. The van der Waals surface area contributed by atoms with E-state index in [1.54, 1.807) is 12.4 Å². The molecule has 23 heavy (non-hydrogen) atoms. The first kappa shape index (κ1) is 15.2. The van der Waals surface area contributed by atoms with Gasteiger partial charge in [-0.05, 0) is 31.2 Å². The molecule has 2 heterocycles. The molecule has 0 amide bonds. The minimum absolute atomic E-state index is 0.344. The number of benzene rings is 1. The van der Waals surface area contributed by atoms with Gasteiger partial charge >= 0.3 is 0 Å². The van der Waals surface area contributed by atoms with Crippen LogP contribution in [0.4, 0.5) is 0 Å². The molecule has 0 saturated carbocycles. The normalized spacial score (nSPS) is 10.7. The van der Waals surface area contributed by atoms with Gasteiger partial charge in [-0.1, -0.05) is 22.9 Å². The second-order valence-corrected chi connectivity index (χ2v) is 5.21. The van der Waals surface area contributed by atoms with Crippen molar-refractivity contribution >= 4 is 0 Å². The Kier molecular flexibility index (Phi) is 4.63. The van der Waals surface area contributed by atoms with Gasteiger partial charge in [0.05, 0.1) is 12.2 Å². The second kappa shape index (κ2) is 7.02. The van der Waals surface area contributed by atoms with E-state index >= 15 is 0 Å². The summed E-state index contributed by atoms with van der Waals surface area (Å²) < 4.78 is 7.59. The Balaban J connectivity index is 1.73. The van der Waals surface area contributed by atoms with E-state index in [2.05, 4.69) is 22.2 Å². The highest BCUT2D eigenvalue weighted by molar-refractivity contribution is 5.61. The maximum atomic E-state index is 5.77. The number of ether oxygens (including phenoxy) is 1. The first-order valence-corrected chi connectivity index (χ1v) is 7.50. The van der Waals surface area contributed by atoms with Gasteiger partial charge in [0.2, 0.25) is 0 Å². The average molecular weight is 309 g/mol. The van der Waals surface area contributed by atoms with Crippen molar-refractivity contribution in [2.45, 2.75) is 20.0 Å². The molecule has 118 valence electrons. The minimum atomic E-state index is 0.344. The largest absolute Gasteiger partial charge is 0.492 e. The van der Waals surface area contributed by atoms with Crippen molar-refractivity contribution in [3.8, 4) is 17.0 Å². The molecular weight excluding hydrogens is 290 g/mol. The molecule has 6 heteroatoms. The zero-order chi connectivity index (χ0) is 16.1. The van der Waals surface area contributed by atoms with Crippen LogP contribution in [-0.2, 0) is 13.1 Å². The monoisotopic (exact) mass is 309 g/mol. The van der Waals surface area contributed by atoms with E-state index in [4.69, 9.17) is 10.5 Å². The van der Waals surface area contributed by atoms with E-state index in [9.17, 15) is 0 Å². The number of nitrogens with two attached hydrogens (primary N) is 1. The fourth-order valence-electron chi connectivity index (χ4n) is 2.35. The zero-order valence-electron chi connectivity index (χ0n) is 13.0. The maximum absolute atomic E-state index is 5.77. The lowest BCUT2D eigenvalue weighted by molar-refractivity contribution is 0.290. The van der Waals surface area contributed by atoms with Crippen molar-refractivity contribution in [3.05, 3.63) is 60.0 Å². The Morgan fingerprint density at radius 2 is 1.83 bits per heavy atom. The Bertz CT molecular complexity index is 752. The smallest absolute Gasteiger partial charge is 0.119 e. The van der Waals surface area contributed by atoms with Crippen LogP contribution in [0.15, 0.2) is 48.8 Å². The molecule has 0 spiro atoms. The summed E-state index contributed by atoms with van der Waals surface area (Å²) in [5.74, 6) is 0.847. The number of pyridine rings is 1. The fraction of sp³-hybridized carbons (Fsp3) is 0.235. The molecule has 2 aromatic heterocycles. The summed E-state index contributed by atoms with van der Waals surface area (Å²) in [6, 6.07) is 11.8. The van der Waals surface area contributed by atoms with Crippen LogP contribution in [-0.4, -0.2) is 26.6 Å². The molecule has 0 saturated heterocycles. The van der Waals surface area contributed by atoms with Crippen LogP contribution in [0.5, 0.6) is 5.75 Å². The van der Waals surface area contributed by atoms with Crippen molar-refractivity contribution in [1.82, 2.24) is 20.0 Å². The number of hydrogen-bond acceptors (Lipinski definition) is 5. The minimum Gasteiger partial charge on any atom is -0.492 e. The molecule has 1 aromatic carbocycles. The third kappa shape index (κ3) is 3.54. The van der Waals surface area contributed by atoms with Gasteiger partial charge < -0.3 is 10.5 Å². The summed E-state index contributed by atoms with van der Waals surface area (Å²) in [6.07, 6.45) is 3.49. The zero-order valence-corrected chi connectivity index (χ0v) is 13.0. The number of aromatic nitrogens is 4. The predicted molar refractivity (Wildman–Crippen MR) is 87.8 cm³/mol. The molecule has 0 aliphatic rings. The van der Waals surface area contributed by atoms with Gasteiger partial charge in [0, 0.05) is 24.5 Å². The molecule has 0 aliphatic carbocycles. The average Bonchev–Trinajstić information content (AvgIpc) is 3.00. The van der Waals surface area contributed by atoms with E-state index < -0.39 is 0 Å². The highest BCUT2D eigenvalue weighted by Crippen LogP contribution is 2.21. The van der Waals surface area contributed by atoms with Crippen LogP contribution in [0.25, 0.3) is 11.3 Å². The molecular formula is C17H19N5O. The van der Waals surface area contributed by atoms with Crippen molar-refractivity contribution in [2.75, 3.05) is 6.61 Å². The van der Waals surface area contributed by atoms with Crippen LogP contribution in [0, 0.1) is 6.92 Å². The van der Waals surface area contributed by atoms with Crippen molar-refractivity contribution in [1.29, 1.82) is 0 Å². The van der Waals surface area contributed by atoms with Gasteiger partial charge in [-0.2, -0.15) is 0 Å². The van der Waals surface area contributed by atoms with E-state index in [0.717, 1.165) is 22.7 Å². The Morgan fingerprint density at radius 1 is 1.09 bits per heavy atom. The molecule has 0 bridgehead atoms. The Labute approximate surface area is 134 Å². The van der Waals surface area contributed by atoms with E-state index in [0.29, 0.717) is 19.7 Å². The second-order valence-electron chi connectivity index (χ2n) is 5.21. The lowest BCUT2D eigenvalue weighted by Gasteiger charge is -2.09. The SMILES string of the molecule is Cc1ccc(OCCn2nnc(CN)c2-c2ccncc2)cc1. The number of aryl methyl sites for hydroxylation is 1. The molecule has 0 unspecified atom stereocenters. The first-order valence-electron chi connectivity index (χ1n) is 7.50. The summed E-state index contributed by atoms with van der Waals surface area (Å²) in [4.78, 5) is 4.04. The van der Waals surface area contributed by atoms with Gasteiger partial charge in [0.25, 0.3) is 0 Å². The predicted octanol–water partition coefficient (Wildman–Crippen LogP) is 2.19. The molecule has 3 aromatic rings. The maximum Gasteiger partial charge on any atom is 0.119 e. The molecule has 3 rings (SSSR count). The van der Waals surface area contributed by atoms with Gasteiger partial charge in [-0.3, -0.25) is 4.98 Å². The van der Waals surface area contributed by atoms with Crippen molar-refractivity contribution < 1.29 is 4.74 Å². The van der Waals surface area contributed by atoms with Crippen molar-refractivity contribution in [2.24, 2.45) is 5.73 Å².